The molecule has 3 rings (SSSR count). The monoisotopic (exact) mass is 410 g/mol. The van der Waals surface area contributed by atoms with Crippen LogP contribution >= 0.6 is 0 Å². The third-order valence-electron chi connectivity index (χ3n) is 5.53. The molecule has 0 saturated heterocycles. The first-order chi connectivity index (χ1) is 14.3. The molecule has 1 atom stereocenters. The van der Waals surface area contributed by atoms with E-state index in [9.17, 15) is 9.59 Å². The second-order valence-corrected chi connectivity index (χ2v) is 8.82. The summed E-state index contributed by atoms with van der Waals surface area (Å²) < 4.78 is 2.04. The van der Waals surface area contributed by atoms with Crippen molar-refractivity contribution in [2.75, 3.05) is 0 Å². The molecule has 1 aromatic heterocycles. The molecule has 0 bridgehead atoms. The van der Waals surface area contributed by atoms with Crippen molar-refractivity contribution >= 4 is 11.8 Å². The quantitative estimate of drug-likeness (QED) is 0.632. The number of amides is 2. The van der Waals surface area contributed by atoms with Crippen LogP contribution in [0.25, 0.3) is 0 Å². The molecular weight excluding hydrogens is 376 g/mol. The molecule has 1 heterocycles. The number of hydrogen-bond acceptors (Lipinski definition) is 3. The van der Waals surface area contributed by atoms with Crippen LogP contribution in [0, 0.1) is 19.8 Å². The van der Waals surface area contributed by atoms with Gasteiger partial charge in [0.05, 0.1) is 5.69 Å². The highest BCUT2D eigenvalue weighted by Crippen LogP contribution is 2.19. The van der Waals surface area contributed by atoms with Gasteiger partial charge in [-0.05, 0) is 50.2 Å². The highest BCUT2D eigenvalue weighted by molar-refractivity contribution is 5.88. The number of nitrogens with zero attached hydrogens (tertiary/aromatic N) is 2. The molecule has 2 amide bonds. The van der Waals surface area contributed by atoms with Crippen molar-refractivity contribution in [1.29, 1.82) is 0 Å². The van der Waals surface area contributed by atoms with E-state index in [-0.39, 0.29) is 17.9 Å². The third kappa shape index (κ3) is 6.18. The zero-order chi connectivity index (χ0) is 21.7. The summed E-state index contributed by atoms with van der Waals surface area (Å²) in [7, 11) is 0. The fourth-order valence-electron chi connectivity index (χ4n) is 3.71. The molecule has 1 aliphatic carbocycles. The van der Waals surface area contributed by atoms with Crippen molar-refractivity contribution in [2.24, 2.45) is 5.92 Å². The number of hydrogen-bond donors (Lipinski definition) is 2. The zero-order valence-corrected chi connectivity index (χ0v) is 18.6. The summed E-state index contributed by atoms with van der Waals surface area (Å²) in [6.45, 7) is 9.28. The summed E-state index contributed by atoms with van der Waals surface area (Å²) in [4.78, 5) is 25.4. The lowest BCUT2D eigenvalue weighted by Gasteiger charge is -2.19. The van der Waals surface area contributed by atoms with Crippen LogP contribution in [-0.2, 0) is 29.0 Å². The second kappa shape index (κ2) is 9.92. The van der Waals surface area contributed by atoms with E-state index in [4.69, 9.17) is 0 Å². The molecule has 0 aliphatic heterocycles. The van der Waals surface area contributed by atoms with Gasteiger partial charge in [0, 0.05) is 31.1 Å². The Morgan fingerprint density at radius 2 is 1.87 bits per heavy atom. The van der Waals surface area contributed by atoms with Crippen molar-refractivity contribution in [1.82, 2.24) is 20.4 Å². The molecule has 2 N–H and O–H groups in total. The Kier molecular flexibility index (Phi) is 7.29. The first kappa shape index (κ1) is 22.1. The van der Waals surface area contributed by atoms with E-state index in [0.29, 0.717) is 25.2 Å². The number of aryl methyl sites for hydroxylation is 1. The second-order valence-electron chi connectivity index (χ2n) is 8.82. The molecule has 30 heavy (non-hydrogen) atoms. The molecule has 1 saturated carbocycles. The van der Waals surface area contributed by atoms with Crippen LogP contribution in [0.4, 0.5) is 0 Å². The molecule has 1 fully saturated rings. The summed E-state index contributed by atoms with van der Waals surface area (Å²) in [5.74, 6) is 0.326. The van der Waals surface area contributed by atoms with Gasteiger partial charge in [0.25, 0.3) is 0 Å². The normalized spacial score (nSPS) is 14.6. The lowest BCUT2D eigenvalue weighted by atomic mass is 10.0. The van der Waals surface area contributed by atoms with Gasteiger partial charge >= 0.3 is 0 Å². The summed E-state index contributed by atoms with van der Waals surface area (Å²) in [6.07, 6.45) is 3.52. The summed E-state index contributed by atoms with van der Waals surface area (Å²) >= 11 is 0. The van der Waals surface area contributed by atoms with Gasteiger partial charge in [0.1, 0.15) is 6.04 Å². The highest BCUT2D eigenvalue weighted by Gasteiger charge is 2.28. The topological polar surface area (TPSA) is 76.0 Å². The maximum atomic E-state index is 12.7. The molecule has 0 spiro atoms. The van der Waals surface area contributed by atoms with Crippen LogP contribution in [0.15, 0.2) is 30.3 Å². The Balaban J connectivity index is 1.61. The molecule has 6 heteroatoms. The van der Waals surface area contributed by atoms with Gasteiger partial charge in [-0.1, -0.05) is 44.2 Å². The average molecular weight is 411 g/mol. The summed E-state index contributed by atoms with van der Waals surface area (Å²) in [5, 5.41) is 10.6. The van der Waals surface area contributed by atoms with Gasteiger partial charge in [-0.2, -0.15) is 5.10 Å². The Bertz CT molecular complexity index is 869. The first-order valence-corrected chi connectivity index (χ1v) is 11.0. The van der Waals surface area contributed by atoms with Gasteiger partial charge in [0.2, 0.25) is 11.8 Å². The fraction of sp³-hybridized carbons (Fsp3) is 0.542. The van der Waals surface area contributed by atoms with Crippen molar-refractivity contribution in [2.45, 2.75) is 78.4 Å². The number of carbonyl (C=O) groups is 2. The SMILES string of the molecule is Cc1nn(CC(C)C)c(C)c1CCC(=O)NC(Cc1ccccc1)C(=O)NC1CC1. The number of benzene rings is 1. The van der Waals surface area contributed by atoms with Gasteiger partial charge in [0.15, 0.2) is 0 Å². The van der Waals surface area contributed by atoms with Gasteiger partial charge in [-0.3, -0.25) is 14.3 Å². The van der Waals surface area contributed by atoms with E-state index in [1.54, 1.807) is 0 Å². The molecule has 6 nitrogen and oxygen atoms in total. The van der Waals surface area contributed by atoms with Crippen LogP contribution in [0.3, 0.4) is 0 Å². The Morgan fingerprint density at radius 3 is 2.50 bits per heavy atom. The molecular formula is C24H34N4O2. The van der Waals surface area contributed by atoms with Crippen molar-refractivity contribution in [3.05, 3.63) is 52.8 Å². The van der Waals surface area contributed by atoms with Crippen LogP contribution in [0.5, 0.6) is 0 Å². The van der Waals surface area contributed by atoms with Crippen LogP contribution in [0.1, 0.15) is 55.6 Å². The Labute approximate surface area is 179 Å². The summed E-state index contributed by atoms with van der Waals surface area (Å²) in [6, 6.07) is 9.54. The molecule has 1 unspecified atom stereocenters. The Hall–Kier alpha value is -2.63. The highest BCUT2D eigenvalue weighted by atomic mass is 16.2. The van der Waals surface area contributed by atoms with Crippen molar-refractivity contribution in [3.8, 4) is 0 Å². The van der Waals surface area contributed by atoms with E-state index in [2.05, 4.69) is 36.5 Å². The van der Waals surface area contributed by atoms with Gasteiger partial charge < -0.3 is 10.6 Å². The number of carbonyl (C=O) groups excluding carboxylic acids is 2. The predicted octanol–water partition coefficient (Wildman–Crippen LogP) is 3.09. The predicted molar refractivity (Wildman–Crippen MR) is 118 cm³/mol. The minimum atomic E-state index is -0.550. The van der Waals surface area contributed by atoms with Gasteiger partial charge in [-0.15, -0.1) is 0 Å². The van der Waals surface area contributed by atoms with Crippen molar-refractivity contribution < 1.29 is 9.59 Å². The smallest absolute Gasteiger partial charge is 0.243 e. The lowest BCUT2D eigenvalue weighted by Crippen LogP contribution is -2.48. The van der Waals surface area contributed by atoms with Gasteiger partial charge in [-0.25, -0.2) is 0 Å². The number of rotatable bonds is 10. The standard InChI is InChI=1S/C24H34N4O2/c1-16(2)15-28-18(4)21(17(3)27-28)12-13-23(29)26-22(24(30)25-20-10-11-20)14-19-8-6-5-7-9-19/h5-9,16,20,22H,10-15H2,1-4H3,(H,25,30)(H,26,29). The maximum absolute atomic E-state index is 12.7. The lowest BCUT2D eigenvalue weighted by molar-refractivity contribution is -0.129. The molecule has 0 radical (unpaired) electrons. The van der Waals surface area contributed by atoms with E-state index in [1.165, 1.54) is 0 Å². The maximum Gasteiger partial charge on any atom is 0.243 e. The van der Waals surface area contributed by atoms with Crippen LogP contribution < -0.4 is 10.6 Å². The van der Waals surface area contributed by atoms with E-state index in [0.717, 1.165) is 41.9 Å². The molecule has 1 aromatic carbocycles. The molecule has 162 valence electrons. The minimum Gasteiger partial charge on any atom is -0.352 e. The van der Waals surface area contributed by atoms with E-state index >= 15 is 0 Å². The first-order valence-electron chi connectivity index (χ1n) is 11.0. The zero-order valence-electron chi connectivity index (χ0n) is 18.6. The summed E-state index contributed by atoms with van der Waals surface area (Å²) in [5.41, 5.74) is 4.28. The minimum absolute atomic E-state index is 0.0909. The number of nitrogens with one attached hydrogen (secondary N) is 2. The van der Waals surface area contributed by atoms with Crippen LogP contribution in [-0.4, -0.2) is 33.7 Å². The third-order valence-corrected chi connectivity index (χ3v) is 5.53. The molecule has 1 aliphatic rings. The largest absolute Gasteiger partial charge is 0.352 e. The fourth-order valence-corrected chi connectivity index (χ4v) is 3.71. The number of aromatic nitrogens is 2. The van der Waals surface area contributed by atoms with E-state index in [1.807, 2.05) is 41.9 Å². The van der Waals surface area contributed by atoms with Crippen molar-refractivity contribution in [3.63, 3.8) is 0 Å². The average Bonchev–Trinajstić information content (AvgIpc) is 3.46. The van der Waals surface area contributed by atoms with E-state index < -0.39 is 6.04 Å². The van der Waals surface area contributed by atoms with Crippen LogP contribution in [0.2, 0.25) is 0 Å². The Morgan fingerprint density at radius 1 is 1.17 bits per heavy atom. The molecule has 2 aromatic rings.